The van der Waals surface area contributed by atoms with Crippen LogP contribution in [0.15, 0.2) is 119 Å². The molecule has 0 unspecified atom stereocenters. The van der Waals surface area contributed by atoms with Crippen LogP contribution >= 0.6 is 0 Å². The van der Waals surface area contributed by atoms with Gasteiger partial charge >= 0.3 is 12.2 Å². The largest absolute Gasteiger partial charge is 0.534 e. The fourth-order valence-electron chi connectivity index (χ4n) is 9.35. The SMILES string of the molecule is CC(C)CN(C[C@@H](O)[C@@H](N)Cc1ccccc1)S(=O)(=O)c1ccc(N)cc1.[2H]C1([2H])O[C@H]2OCC[C@H]2[C@@]1([2H])OC(=O)N[C@@H](Cc1ccccc1)[C@H](O)CN(CC(C)C)S(=O)(=O)c1ccc(N)cc1.[2H]C1([2H])O[C@H]2OCC[C@H]2[C@@]1([2H])OC(=O)ON1C(=O)CCC1=O. The zero-order valence-electron chi connectivity index (χ0n) is 53.1. The Balaban J connectivity index is 0.000000203. The molecule has 24 nitrogen and oxygen atoms in total. The summed E-state index contributed by atoms with van der Waals surface area (Å²) in [5, 5.41) is 24.8. The molecule has 0 spiro atoms. The highest BCUT2D eigenvalue weighted by molar-refractivity contribution is 7.89. The molecule has 5 aliphatic heterocycles. The minimum Gasteiger partial charge on any atom is -0.443 e. The van der Waals surface area contributed by atoms with Crippen LogP contribution < -0.4 is 22.5 Å². The normalized spacial score (nSPS) is 26.6. The van der Waals surface area contributed by atoms with Crippen LogP contribution in [0.5, 0.6) is 0 Å². The molecule has 5 aliphatic rings. The van der Waals surface area contributed by atoms with Gasteiger partial charge in [0.05, 0.1) is 74.4 Å². The predicted octanol–water partition coefficient (Wildman–Crippen LogP) is 4.19. The fourth-order valence-corrected chi connectivity index (χ4v) is 12.6. The average molecular weight is 1220 g/mol. The molecule has 0 bridgehead atoms. The first-order valence-corrected chi connectivity index (χ1v) is 30.3. The minimum atomic E-state index is -4.03. The topological polar surface area (TPSA) is 341 Å². The first-order valence-electron chi connectivity index (χ1n) is 30.4. The Kier molecular flexibility index (Phi) is 20.4. The molecule has 0 radical (unpaired) electrons. The number of anilines is 2. The third kappa shape index (κ3) is 18.1. The number of hydroxylamine groups is 2. The van der Waals surface area contributed by atoms with Gasteiger partial charge < -0.3 is 61.2 Å². The molecule has 0 aliphatic carbocycles. The lowest BCUT2D eigenvalue weighted by atomic mass is 10.0. The number of carbonyl (C=O) groups is 4. The van der Waals surface area contributed by atoms with Crippen LogP contribution in [0.1, 0.15) is 72.7 Å². The molecule has 9 N–H and O–H groups in total. The van der Waals surface area contributed by atoms with E-state index in [0.29, 0.717) is 24.3 Å². The van der Waals surface area contributed by atoms with Crippen molar-refractivity contribution in [3.63, 3.8) is 0 Å². The monoisotopic (exact) mass is 1220 g/mol. The number of benzene rings is 4. The number of rotatable bonds is 22. The van der Waals surface area contributed by atoms with Crippen LogP contribution in [0.3, 0.4) is 0 Å². The maximum absolute atomic E-state index is 13.5. The van der Waals surface area contributed by atoms with Crippen molar-refractivity contribution in [3.05, 3.63) is 120 Å². The molecular formula is C58H79N7O17S2. The molecule has 9 rings (SSSR count). The van der Waals surface area contributed by atoms with E-state index in [1.54, 1.807) is 36.4 Å². The predicted molar refractivity (Wildman–Crippen MR) is 306 cm³/mol. The number of fused-ring (bicyclic) bond motifs is 2. The summed E-state index contributed by atoms with van der Waals surface area (Å²) in [5.41, 5.74) is 20.2. The van der Waals surface area contributed by atoms with Crippen molar-refractivity contribution in [1.82, 2.24) is 19.0 Å². The summed E-state index contributed by atoms with van der Waals surface area (Å²) in [6.07, 6.45) is -10.9. The van der Waals surface area contributed by atoms with Gasteiger partial charge in [-0.1, -0.05) is 93.4 Å². The van der Waals surface area contributed by atoms with Crippen LogP contribution in [0.4, 0.5) is 21.0 Å². The standard InChI is InChI=1S/C27H37N3O7S.C20H29N3O3S.C11H13NO7/c1-18(2)15-30(38(33,34)21-10-8-20(28)9-11-21)16-24(31)23(14-19-6-4-3-5-7-19)29-27(32)37-25-17-36-26-22(25)12-13-35-26;1-15(2)13-23(27(25,26)18-10-8-17(21)9-11-18)14-20(24)19(22)12-16-6-4-3-5-7-16;13-8-1-2-9(14)12(8)19-11(15)18-7-5-17-10-6(7)3-4-16-10/h3-11,18,22-26,31H,12-17,28H2,1-2H3,(H,29,32);3-11,15,19-20,24H,12-14,21-22H2,1-2H3;6-7,10H,1-5H2/t22-,23-,24+,25-,26+;19-,20+;6-,7-,10+/m000/s1/i17D2,25D;;5D2,7D. The van der Waals surface area contributed by atoms with Gasteiger partial charge in [-0.2, -0.15) is 8.61 Å². The van der Waals surface area contributed by atoms with Crippen LogP contribution in [0, 0.1) is 23.7 Å². The summed E-state index contributed by atoms with van der Waals surface area (Å²) in [4.78, 5) is 52.3. The van der Waals surface area contributed by atoms with Crippen LogP contribution in [0.2, 0.25) is 0 Å². The van der Waals surface area contributed by atoms with Gasteiger partial charge in [0.25, 0.3) is 11.8 Å². The Labute approximate surface area is 499 Å². The minimum absolute atomic E-state index is 0.0134. The molecule has 460 valence electrons. The number of nitrogen functional groups attached to an aromatic ring is 2. The Bertz CT molecular complexity index is 3300. The highest BCUT2D eigenvalue weighted by Crippen LogP contribution is 2.34. The smallest absolute Gasteiger partial charge is 0.443 e. The highest BCUT2D eigenvalue weighted by Gasteiger charge is 2.46. The third-order valence-corrected chi connectivity index (χ3v) is 17.4. The maximum atomic E-state index is 13.5. The van der Waals surface area contributed by atoms with Crippen molar-refractivity contribution in [2.24, 2.45) is 29.4 Å². The third-order valence-electron chi connectivity index (χ3n) is 13.7. The fraction of sp³-hybridized carbons (Fsp3) is 0.517. The van der Waals surface area contributed by atoms with Crippen LogP contribution in [-0.4, -0.2) is 166 Å². The van der Waals surface area contributed by atoms with Crippen LogP contribution in [-0.2, 0) is 75.7 Å². The van der Waals surface area contributed by atoms with Crippen molar-refractivity contribution >= 4 is 55.5 Å². The van der Waals surface area contributed by atoms with Gasteiger partial charge in [-0.15, -0.1) is 0 Å². The van der Waals surface area contributed by atoms with Gasteiger partial charge in [0.15, 0.2) is 12.6 Å². The quantitative estimate of drug-likeness (QED) is 0.0365. The van der Waals surface area contributed by atoms with Crippen LogP contribution in [0.25, 0.3) is 0 Å². The molecule has 26 heteroatoms. The number of nitrogens with two attached hydrogens (primary N) is 3. The van der Waals surface area contributed by atoms with Crippen molar-refractivity contribution < 1.29 is 87.7 Å². The second-order valence-electron chi connectivity index (χ2n) is 21.4. The summed E-state index contributed by atoms with van der Waals surface area (Å²) in [5.74, 6) is -3.05. The van der Waals surface area contributed by atoms with E-state index in [-0.39, 0.29) is 91.6 Å². The molecule has 3 amide bonds. The summed E-state index contributed by atoms with van der Waals surface area (Å²) in [6.45, 7) is 2.79. The van der Waals surface area contributed by atoms with E-state index in [0.717, 1.165) is 15.4 Å². The lowest BCUT2D eigenvalue weighted by Gasteiger charge is -2.31. The van der Waals surface area contributed by atoms with E-state index in [2.05, 4.69) is 10.2 Å². The van der Waals surface area contributed by atoms with Gasteiger partial charge in [-0.05, 0) is 97.2 Å². The lowest BCUT2D eigenvalue weighted by Crippen LogP contribution is -2.51. The van der Waals surface area contributed by atoms with E-state index in [1.807, 2.05) is 64.1 Å². The molecule has 4 aromatic carbocycles. The summed E-state index contributed by atoms with van der Waals surface area (Å²) in [6, 6.07) is 28.8. The van der Waals surface area contributed by atoms with E-state index in [1.165, 1.54) is 40.7 Å². The van der Waals surface area contributed by atoms with Gasteiger partial charge in [0.1, 0.15) is 12.2 Å². The molecule has 84 heavy (non-hydrogen) atoms. The number of imide groups is 1. The highest BCUT2D eigenvalue weighted by atomic mass is 32.2. The molecule has 5 fully saturated rings. The van der Waals surface area contributed by atoms with Gasteiger partial charge in [-0.25, -0.2) is 26.4 Å². The molecule has 0 saturated carbocycles. The van der Waals surface area contributed by atoms with Crippen molar-refractivity contribution in [1.29, 1.82) is 0 Å². The molecule has 4 aromatic rings. The average Bonchev–Trinajstić information content (AvgIpc) is 1.59. The second-order valence-corrected chi connectivity index (χ2v) is 25.2. The number of amides is 3. The first kappa shape index (κ1) is 56.8. The number of hydrogen-bond donors (Lipinski definition) is 6. The zero-order valence-corrected chi connectivity index (χ0v) is 48.7. The van der Waals surface area contributed by atoms with Crippen molar-refractivity contribution in [3.8, 4) is 0 Å². The number of aliphatic hydroxyl groups is 2. The number of nitrogens with zero attached hydrogens (tertiary/aromatic N) is 3. The van der Waals surface area contributed by atoms with Gasteiger partial charge in [0, 0.05) is 56.4 Å². The number of nitrogens with one attached hydrogen (secondary N) is 1. The van der Waals surface area contributed by atoms with E-state index >= 15 is 0 Å². The number of sulfonamides is 2. The summed E-state index contributed by atoms with van der Waals surface area (Å²) >= 11 is 0. The number of carbonyl (C=O) groups excluding carboxylic acids is 4. The zero-order chi connectivity index (χ0) is 66.1. The summed E-state index contributed by atoms with van der Waals surface area (Å²) < 4.78 is 135. The maximum Gasteiger partial charge on any atom is 0.534 e. The Morgan fingerprint density at radius 2 is 1.08 bits per heavy atom. The Morgan fingerprint density at radius 3 is 1.54 bits per heavy atom. The lowest BCUT2D eigenvalue weighted by molar-refractivity contribution is -0.179. The van der Waals surface area contributed by atoms with E-state index in [9.17, 15) is 46.2 Å². The molecular weight excluding hydrogens is 1130 g/mol. The second kappa shape index (κ2) is 30.2. The summed E-state index contributed by atoms with van der Waals surface area (Å²) in [7, 11) is -7.78. The molecule has 0 aromatic heterocycles. The molecule has 5 heterocycles. The van der Waals surface area contributed by atoms with Crippen molar-refractivity contribution in [2.45, 2.75) is 125 Å². The first-order chi connectivity index (χ1) is 42.2. The Morgan fingerprint density at radius 1 is 0.655 bits per heavy atom. The van der Waals surface area contributed by atoms with Gasteiger partial charge in [-0.3, -0.25) is 14.4 Å². The number of alkyl carbamates (subject to hydrolysis) is 1. The number of ether oxygens (including phenoxy) is 6. The molecule has 5 saturated heterocycles. The number of aliphatic hydroxyl groups excluding tert-OH is 2. The van der Waals surface area contributed by atoms with Crippen molar-refractivity contribution in [2.75, 3.05) is 64.0 Å². The number of hydrogen-bond acceptors (Lipinski definition) is 20. The van der Waals surface area contributed by atoms with Gasteiger partial charge in [0.2, 0.25) is 20.0 Å². The molecule has 10 atom stereocenters. The van der Waals surface area contributed by atoms with E-state index in [4.69, 9.17) is 53.8 Å². The Hall–Kier alpha value is -6.30. The van der Waals surface area contributed by atoms with E-state index < -0.39 is 118 Å².